The molecule has 11 rings (SSSR count). The molecular formula is C60H43N3. The maximum atomic E-state index is 5.45. The van der Waals surface area contributed by atoms with Crippen LogP contribution < -0.4 is 0 Å². The average Bonchev–Trinajstić information content (AvgIpc) is 3.65. The van der Waals surface area contributed by atoms with Crippen molar-refractivity contribution < 1.29 is 0 Å². The van der Waals surface area contributed by atoms with Gasteiger partial charge in [-0.15, -0.1) is 0 Å². The summed E-state index contributed by atoms with van der Waals surface area (Å²) < 4.78 is 0. The number of hydrogen-bond acceptors (Lipinski definition) is 3. The second kappa shape index (κ2) is 15.8. The molecule has 8 aromatic carbocycles. The molecule has 0 radical (unpaired) electrons. The maximum absolute atomic E-state index is 5.45. The van der Waals surface area contributed by atoms with Gasteiger partial charge in [0.1, 0.15) is 0 Å². The van der Waals surface area contributed by atoms with Crippen molar-refractivity contribution in [2.75, 3.05) is 0 Å². The normalized spacial score (nSPS) is 12.4. The molecule has 2 heterocycles. The summed E-state index contributed by atoms with van der Waals surface area (Å²) in [7, 11) is 0. The molecule has 0 atom stereocenters. The lowest BCUT2D eigenvalue weighted by Crippen LogP contribution is -2.28. The quantitative estimate of drug-likeness (QED) is 0.154. The van der Waals surface area contributed by atoms with E-state index in [0.717, 1.165) is 78.1 Å². The van der Waals surface area contributed by atoms with Gasteiger partial charge in [0, 0.05) is 34.8 Å². The largest absolute Gasteiger partial charge is 0.264 e. The van der Waals surface area contributed by atoms with E-state index < -0.39 is 5.41 Å². The Labute approximate surface area is 369 Å². The SMILES string of the molecule is Cc1cncc(-c2ccccc2-c2cccc(-c3cc(-c4nc(C)cc(-c5ccccc5-c5ccccc5)n4)cc(C4(c5ccccc5)c5ccccc5-c5ccccc54)c3)c2)c1. The lowest BCUT2D eigenvalue weighted by molar-refractivity contribution is 0.769. The number of aryl methyl sites for hydroxylation is 2. The highest BCUT2D eigenvalue weighted by atomic mass is 14.9. The number of nitrogens with zero attached hydrogens (tertiary/aromatic N) is 3. The Bertz CT molecular complexity index is 3270. The molecule has 0 spiro atoms. The van der Waals surface area contributed by atoms with E-state index >= 15 is 0 Å². The zero-order valence-electron chi connectivity index (χ0n) is 35.2. The highest BCUT2D eigenvalue weighted by Gasteiger charge is 2.46. The molecule has 0 amide bonds. The van der Waals surface area contributed by atoms with Gasteiger partial charge < -0.3 is 0 Å². The summed E-state index contributed by atoms with van der Waals surface area (Å²) >= 11 is 0. The molecule has 0 saturated heterocycles. The third-order valence-electron chi connectivity index (χ3n) is 12.5. The van der Waals surface area contributed by atoms with E-state index in [-0.39, 0.29) is 0 Å². The lowest BCUT2D eigenvalue weighted by Gasteiger charge is -2.34. The van der Waals surface area contributed by atoms with Crippen molar-refractivity contribution in [1.82, 2.24) is 15.0 Å². The van der Waals surface area contributed by atoms with Crippen molar-refractivity contribution in [3.8, 4) is 78.3 Å². The van der Waals surface area contributed by atoms with Crippen LogP contribution in [-0.2, 0) is 5.41 Å². The highest BCUT2D eigenvalue weighted by Crippen LogP contribution is 2.57. The first kappa shape index (κ1) is 38.0. The van der Waals surface area contributed by atoms with Crippen LogP contribution in [0.2, 0.25) is 0 Å². The number of aromatic nitrogens is 3. The van der Waals surface area contributed by atoms with Gasteiger partial charge in [-0.1, -0.05) is 176 Å². The van der Waals surface area contributed by atoms with Crippen LogP contribution in [0.4, 0.5) is 0 Å². The van der Waals surface area contributed by atoms with E-state index in [1.807, 2.05) is 12.4 Å². The summed E-state index contributed by atoms with van der Waals surface area (Å²) in [5, 5.41) is 0. The molecule has 298 valence electrons. The van der Waals surface area contributed by atoms with Crippen LogP contribution in [0.25, 0.3) is 78.3 Å². The molecule has 0 aliphatic heterocycles. The number of hydrogen-bond donors (Lipinski definition) is 0. The van der Waals surface area contributed by atoms with Crippen LogP contribution in [0.3, 0.4) is 0 Å². The summed E-state index contributed by atoms with van der Waals surface area (Å²) in [5.41, 5.74) is 20.8. The molecule has 0 N–H and O–H groups in total. The zero-order valence-corrected chi connectivity index (χ0v) is 35.2. The van der Waals surface area contributed by atoms with Gasteiger partial charge in [0.05, 0.1) is 11.1 Å². The van der Waals surface area contributed by atoms with Gasteiger partial charge in [0.2, 0.25) is 0 Å². The van der Waals surface area contributed by atoms with Crippen LogP contribution in [0.1, 0.15) is 33.5 Å². The number of fused-ring (bicyclic) bond motifs is 3. The Hall–Kier alpha value is -8.01. The molecule has 0 unspecified atom stereocenters. The molecule has 63 heavy (non-hydrogen) atoms. The van der Waals surface area contributed by atoms with Gasteiger partial charge in [0.15, 0.2) is 5.82 Å². The molecule has 2 aromatic heterocycles. The zero-order chi connectivity index (χ0) is 42.3. The van der Waals surface area contributed by atoms with E-state index in [1.165, 1.54) is 27.8 Å². The Morgan fingerprint density at radius 1 is 0.333 bits per heavy atom. The first-order chi connectivity index (χ1) is 31.0. The van der Waals surface area contributed by atoms with Gasteiger partial charge in [-0.05, 0) is 128 Å². The molecule has 0 saturated carbocycles. The van der Waals surface area contributed by atoms with Crippen molar-refractivity contribution in [3.05, 3.63) is 258 Å². The van der Waals surface area contributed by atoms with Crippen molar-refractivity contribution in [2.24, 2.45) is 0 Å². The molecule has 1 aliphatic rings. The highest BCUT2D eigenvalue weighted by molar-refractivity contribution is 5.90. The number of benzene rings is 8. The first-order valence-electron chi connectivity index (χ1n) is 21.6. The number of pyridine rings is 1. The molecule has 3 heteroatoms. The molecule has 0 bridgehead atoms. The van der Waals surface area contributed by atoms with Gasteiger partial charge in [0.25, 0.3) is 0 Å². The molecule has 3 nitrogen and oxygen atoms in total. The van der Waals surface area contributed by atoms with E-state index in [0.29, 0.717) is 5.82 Å². The monoisotopic (exact) mass is 805 g/mol. The fraction of sp³-hybridized carbons (Fsp3) is 0.0500. The Balaban J connectivity index is 1.17. The second-order valence-corrected chi connectivity index (χ2v) is 16.5. The standard InChI is InChI=1S/C60H43N3/c1-40-32-47(39-61-38-40)52-26-10-9-25-51(52)44-21-17-20-43(34-44)45-35-46(59-62-41(2)33-58(63-59)55-29-12-11-24-50(55)42-18-5-3-6-19-42)37-49(36-45)60(48-22-7-4-8-23-48)56-30-15-13-27-53(56)54-28-14-16-31-57(54)60/h3-39H,1-2H3. The van der Waals surface area contributed by atoms with Crippen molar-refractivity contribution in [3.63, 3.8) is 0 Å². The summed E-state index contributed by atoms with van der Waals surface area (Å²) in [6, 6.07) is 76.9. The van der Waals surface area contributed by atoms with E-state index in [9.17, 15) is 0 Å². The summed E-state index contributed by atoms with van der Waals surface area (Å²) in [6.45, 7) is 4.17. The fourth-order valence-corrected chi connectivity index (χ4v) is 9.82. The van der Waals surface area contributed by atoms with Crippen LogP contribution in [0.5, 0.6) is 0 Å². The van der Waals surface area contributed by atoms with Gasteiger partial charge in [-0.2, -0.15) is 0 Å². The van der Waals surface area contributed by atoms with E-state index in [4.69, 9.17) is 9.97 Å². The average molecular weight is 806 g/mol. The third-order valence-corrected chi connectivity index (χ3v) is 12.5. The van der Waals surface area contributed by atoms with Gasteiger partial charge in [-0.25, -0.2) is 9.97 Å². The maximum Gasteiger partial charge on any atom is 0.160 e. The first-order valence-corrected chi connectivity index (χ1v) is 21.6. The third kappa shape index (κ3) is 6.66. The minimum Gasteiger partial charge on any atom is -0.264 e. The predicted molar refractivity (Wildman–Crippen MR) is 259 cm³/mol. The second-order valence-electron chi connectivity index (χ2n) is 16.5. The van der Waals surface area contributed by atoms with Gasteiger partial charge in [-0.3, -0.25) is 4.98 Å². The number of rotatable bonds is 8. The van der Waals surface area contributed by atoms with Crippen LogP contribution in [-0.4, -0.2) is 15.0 Å². The van der Waals surface area contributed by atoms with Crippen LogP contribution in [0.15, 0.2) is 225 Å². The minimum atomic E-state index is -0.617. The van der Waals surface area contributed by atoms with Crippen molar-refractivity contribution >= 4 is 0 Å². The summed E-state index contributed by atoms with van der Waals surface area (Å²) in [5.74, 6) is 0.687. The van der Waals surface area contributed by atoms with E-state index in [2.05, 4.69) is 231 Å². The molecule has 0 fully saturated rings. The molecule has 10 aromatic rings. The Morgan fingerprint density at radius 3 is 1.54 bits per heavy atom. The Kier molecular flexibility index (Phi) is 9.51. The van der Waals surface area contributed by atoms with Gasteiger partial charge >= 0.3 is 0 Å². The van der Waals surface area contributed by atoms with Crippen LogP contribution in [0, 0.1) is 13.8 Å². The topological polar surface area (TPSA) is 38.7 Å². The minimum absolute atomic E-state index is 0.617. The lowest BCUT2D eigenvalue weighted by atomic mass is 9.67. The van der Waals surface area contributed by atoms with E-state index in [1.54, 1.807) is 0 Å². The Morgan fingerprint density at radius 2 is 0.857 bits per heavy atom. The summed E-state index contributed by atoms with van der Waals surface area (Å²) in [6.07, 6.45) is 3.86. The summed E-state index contributed by atoms with van der Waals surface area (Å²) in [4.78, 5) is 15.2. The fourth-order valence-electron chi connectivity index (χ4n) is 9.82. The smallest absolute Gasteiger partial charge is 0.160 e. The molecule has 1 aliphatic carbocycles. The van der Waals surface area contributed by atoms with Crippen molar-refractivity contribution in [1.29, 1.82) is 0 Å². The van der Waals surface area contributed by atoms with Crippen LogP contribution >= 0.6 is 0 Å². The molecular weight excluding hydrogens is 763 g/mol. The predicted octanol–water partition coefficient (Wildman–Crippen LogP) is 14.9. The van der Waals surface area contributed by atoms with Crippen molar-refractivity contribution in [2.45, 2.75) is 19.3 Å².